The average molecular weight is 443 g/mol. The van der Waals surface area contributed by atoms with Crippen molar-refractivity contribution in [1.29, 1.82) is 0 Å². The normalized spacial score (nSPS) is 17.6. The second-order valence-electron chi connectivity index (χ2n) is 7.80. The van der Waals surface area contributed by atoms with E-state index in [0.717, 1.165) is 16.9 Å². The van der Waals surface area contributed by atoms with Gasteiger partial charge in [-0.3, -0.25) is 9.59 Å². The Labute approximate surface area is 190 Å². The van der Waals surface area contributed by atoms with Crippen LogP contribution >= 0.6 is 11.3 Å². The molecule has 160 valence electrons. The van der Waals surface area contributed by atoms with Crippen molar-refractivity contribution in [3.8, 4) is 0 Å². The topological polar surface area (TPSA) is 53.8 Å². The van der Waals surface area contributed by atoms with E-state index in [0.29, 0.717) is 17.1 Å². The number of carbonyl (C=O) groups excluding carboxylic acids is 2. The molecule has 1 aliphatic rings. The third kappa shape index (κ3) is 3.52. The van der Waals surface area contributed by atoms with Crippen LogP contribution in [0.25, 0.3) is 0 Å². The molecule has 0 N–H and O–H groups in total. The number of rotatable bonds is 4. The van der Waals surface area contributed by atoms with E-state index in [1.54, 1.807) is 17.0 Å². The zero-order valence-electron chi connectivity index (χ0n) is 17.5. The summed E-state index contributed by atoms with van der Waals surface area (Å²) in [5, 5.41) is 1.91. The second kappa shape index (κ2) is 8.48. The first-order valence-electron chi connectivity index (χ1n) is 10.5. The molecule has 32 heavy (non-hydrogen) atoms. The number of para-hydroxylation sites is 2. The number of thiophene rings is 1. The lowest BCUT2D eigenvalue weighted by atomic mass is 9.89. The summed E-state index contributed by atoms with van der Waals surface area (Å²) in [6.07, 6.45) is 2.11. The Morgan fingerprint density at radius 1 is 0.969 bits per heavy atom. The predicted molar refractivity (Wildman–Crippen MR) is 126 cm³/mol. The summed E-state index contributed by atoms with van der Waals surface area (Å²) in [6, 6.07) is 24.4. The molecule has 0 unspecified atom stereocenters. The standard InChI is InChI=1S/C26H22N2O3S/c1-18-17-22(28(19-9-3-2-4-10-19)26(30)24-14-8-16-32-24)20-11-5-6-12-21(20)27(18)25(29)23-13-7-15-31-23/h2-16,18,22H,17H2,1H3/t18-,22-/m0/s1. The van der Waals surface area contributed by atoms with Crippen LogP contribution in [0.4, 0.5) is 11.4 Å². The molecule has 2 amide bonds. The third-order valence-electron chi connectivity index (χ3n) is 5.81. The fourth-order valence-electron chi connectivity index (χ4n) is 4.40. The molecule has 5 nitrogen and oxygen atoms in total. The Balaban J connectivity index is 1.61. The Bertz CT molecular complexity index is 1220. The van der Waals surface area contributed by atoms with Crippen molar-refractivity contribution in [2.75, 3.05) is 9.80 Å². The number of anilines is 2. The molecular formula is C26H22N2O3S. The van der Waals surface area contributed by atoms with E-state index in [1.165, 1.54) is 17.6 Å². The van der Waals surface area contributed by atoms with Crippen molar-refractivity contribution in [2.45, 2.75) is 25.4 Å². The molecule has 2 atom stereocenters. The van der Waals surface area contributed by atoms with Gasteiger partial charge in [0, 0.05) is 17.4 Å². The minimum absolute atomic E-state index is 0.0379. The maximum Gasteiger partial charge on any atom is 0.294 e. The molecule has 0 spiro atoms. The van der Waals surface area contributed by atoms with Gasteiger partial charge in [-0.2, -0.15) is 0 Å². The molecule has 3 heterocycles. The number of benzene rings is 2. The minimum Gasteiger partial charge on any atom is -0.459 e. The summed E-state index contributed by atoms with van der Waals surface area (Å²) in [5.74, 6) is 0.0907. The van der Waals surface area contributed by atoms with Gasteiger partial charge in [0.05, 0.1) is 17.2 Å². The smallest absolute Gasteiger partial charge is 0.294 e. The van der Waals surface area contributed by atoms with Gasteiger partial charge in [0.25, 0.3) is 11.8 Å². The van der Waals surface area contributed by atoms with E-state index in [2.05, 4.69) is 0 Å². The summed E-state index contributed by atoms with van der Waals surface area (Å²) >= 11 is 1.44. The second-order valence-corrected chi connectivity index (χ2v) is 8.75. The lowest BCUT2D eigenvalue weighted by Crippen LogP contribution is -2.47. The predicted octanol–water partition coefficient (Wildman–Crippen LogP) is 6.17. The van der Waals surface area contributed by atoms with Gasteiger partial charge in [-0.15, -0.1) is 11.3 Å². The summed E-state index contributed by atoms with van der Waals surface area (Å²) < 4.78 is 5.39. The van der Waals surface area contributed by atoms with Crippen molar-refractivity contribution in [3.63, 3.8) is 0 Å². The Morgan fingerprint density at radius 3 is 2.47 bits per heavy atom. The first-order chi connectivity index (χ1) is 15.6. The highest BCUT2D eigenvalue weighted by Crippen LogP contribution is 2.43. The van der Waals surface area contributed by atoms with Crippen LogP contribution in [0, 0.1) is 0 Å². The molecular weight excluding hydrogens is 420 g/mol. The van der Waals surface area contributed by atoms with Crippen LogP contribution < -0.4 is 9.80 Å². The van der Waals surface area contributed by atoms with E-state index in [4.69, 9.17) is 4.42 Å². The molecule has 1 aliphatic heterocycles. The molecule has 0 aliphatic carbocycles. The van der Waals surface area contributed by atoms with Gasteiger partial charge in [-0.05, 0) is 60.7 Å². The Kier molecular flexibility index (Phi) is 5.37. The van der Waals surface area contributed by atoms with Crippen molar-refractivity contribution in [2.24, 2.45) is 0 Å². The number of fused-ring (bicyclic) bond motifs is 1. The highest BCUT2D eigenvalue weighted by atomic mass is 32.1. The van der Waals surface area contributed by atoms with Gasteiger partial charge in [-0.1, -0.05) is 42.5 Å². The maximum atomic E-state index is 13.7. The van der Waals surface area contributed by atoms with Crippen LogP contribution in [0.5, 0.6) is 0 Å². The first-order valence-corrected chi connectivity index (χ1v) is 11.4. The van der Waals surface area contributed by atoms with E-state index in [1.807, 2.05) is 83.9 Å². The summed E-state index contributed by atoms with van der Waals surface area (Å²) in [6.45, 7) is 2.02. The van der Waals surface area contributed by atoms with E-state index in [-0.39, 0.29) is 23.9 Å². The molecule has 2 aromatic carbocycles. The number of hydrogen-bond acceptors (Lipinski definition) is 4. The van der Waals surface area contributed by atoms with Crippen molar-refractivity contribution < 1.29 is 14.0 Å². The minimum atomic E-state index is -0.209. The van der Waals surface area contributed by atoms with Crippen molar-refractivity contribution >= 4 is 34.5 Å². The van der Waals surface area contributed by atoms with E-state index < -0.39 is 0 Å². The van der Waals surface area contributed by atoms with Gasteiger partial charge in [0.1, 0.15) is 0 Å². The SMILES string of the molecule is C[C@H]1C[C@H](N(C(=O)c2cccs2)c2ccccc2)c2ccccc2N1C(=O)c1ccco1. The zero-order chi connectivity index (χ0) is 22.1. The van der Waals surface area contributed by atoms with Crippen molar-refractivity contribution in [1.82, 2.24) is 0 Å². The van der Waals surface area contributed by atoms with E-state index >= 15 is 0 Å². The lowest BCUT2D eigenvalue weighted by molar-refractivity contribution is 0.0944. The average Bonchev–Trinajstić information content (AvgIpc) is 3.54. The van der Waals surface area contributed by atoms with Gasteiger partial charge >= 0.3 is 0 Å². The fraction of sp³-hybridized carbons (Fsp3) is 0.154. The molecule has 0 saturated carbocycles. The molecule has 4 aromatic rings. The molecule has 0 bridgehead atoms. The molecule has 2 aromatic heterocycles. The van der Waals surface area contributed by atoms with Crippen LogP contribution in [0.3, 0.4) is 0 Å². The van der Waals surface area contributed by atoms with Gasteiger partial charge in [0.2, 0.25) is 0 Å². The summed E-state index contributed by atoms with van der Waals surface area (Å²) in [7, 11) is 0. The number of furan rings is 1. The first kappa shape index (κ1) is 20.3. The molecule has 0 saturated heterocycles. The number of hydrogen-bond donors (Lipinski definition) is 0. The number of amides is 2. The largest absolute Gasteiger partial charge is 0.459 e. The Morgan fingerprint density at radius 2 is 1.75 bits per heavy atom. The van der Waals surface area contributed by atoms with Crippen LogP contribution in [0.2, 0.25) is 0 Å². The van der Waals surface area contributed by atoms with Crippen LogP contribution in [0.15, 0.2) is 94.9 Å². The third-order valence-corrected chi connectivity index (χ3v) is 6.67. The quantitative estimate of drug-likeness (QED) is 0.380. The lowest BCUT2D eigenvalue weighted by Gasteiger charge is -2.43. The van der Waals surface area contributed by atoms with E-state index in [9.17, 15) is 9.59 Å². The number of carbonyl (C=O) groups is 2. The van der Waals surface area contributed by atoms with Crippen LogP contribution in [-0.4, -0.2) is 17.9 Å². The monoisotopic (exact) mass is 442 g/mol. The zero-order valence-corrected chi connectivity index (χ0v) is 18.4. The fourth-order valence-corrected chi connectivity index (χ4v) is 5.06. The van der Waals surface area contributed by atoms with Crippen LogP contribution in [-0.2, 0) is 0 Å². The molecule has 0 fully saturated rings. The maximum absolute atomic E-state index is 13.7. The van der Waals surface area contributed by atoms with Crippen molar-refractivity contribution in [3.05, 3.63) is 107 Å². The highest BCUT2D eigenvalue weighted by molar-refractivity contribution is 7.12. The molecule has 0 radical (unpaired) electrons. The van der Waals surface area contributed by atoms with Crippen LogP contribution in [0.1, 0.15) is 45.2 Å². The van der Waals surface area contributed by atoms with Gasteiger partial charge in [0.15, 0.2) is 5.76 Å². The highest BCUT2D eigenvalue weighted by Gasteiger charge is 2.39. The molecule has 5 rings (SSSR count). The summed E-state index contributed by atoms with van der Waals surface area (Å²) in [5.41, 5.74) is 2.58. The summed E-state index contributed by atoms with van der Waals surface area (Å²) in [4.78, 5) is 31.3. The van der Waals surface area contributed by atoms with Gasteiger partial charge < -0.3 is 14.2 Å². The van der Waals surface area contributed by atoms with Gasteiger partial charge in [-0.25, -0.2) is 0 Å². The number of nitrogens with zero attached hydrogens (tertiary/aromatic N) is 2. The molecule has 6 heteroatoms. The Hall–Kier alpha value is -3.64.